The molecule has 0 saturated carbocycles. The van der Waals surface area contributed by atoms with Gasteiger partial charge in [0.05, 0.1) is 6.42 Å². The smallest absolute Gasteiger partial charge is 0.187 e. The van der Waals surface area contributed by atoms with E-state index in [0.29, 0.717) is 23.2 Å². The Labute approximate surface area is 154 Å². The third-order valence-corrected chi connectivity index (χ3v) is 4.08. The summed E-state index contributed by atoms with van der Waals surface area (Å²) in [5, 5.41) is 0. The van der Waals surface area contributed by atoms with Crippen LogP contribution in [-0.4, -0.2) is 21.5 Å². The van der Waals surface area contributed by atoms with Crippen molar-refractivity contribution in [3.05, 3.63) is 94.6 Å². The molecule has 2 aromatic heterocycles. The Hall–Kier alpha value is -3.28. The molecular weight excluding hydrogens is 350 g/mol. The third-order valence-electron chi connectivity index (χ3n) is 4.08. The summed E-state index contributed by atoms with van der Waals surface area (Å²) in [7, 11) is 0. The first-order valence-electron chi connectivity index (χ1n) is 8.30. The van der Waals surface area contributed by atoms with Crippen molar-refractivity contribution in [3.8, 4) is 0 Å². The van der Waals surface area contributed by atoms with Crippen molar-refractivity contribution < 1.29 is 18.4 Å². The van der Waals surface area contributed by atoms with Crippen LogP contribution in [0.25, 0.3) is 0 Å². The number of carbonyl (C=O) groups excluding carboxylic acids is 2. The fourth-order valence-electron chi connectivity index (χ4n) is 2.57. The molecule has 0 amide bonds. The van der Waals surface area contributed by atoms with E-state index in [9.17, 15) is 18.4 Å². The molecule has 3 rings (SSSR count). The molecule has 2 heterocycles. The van der Waals surface area contributed by atoms with Gasteiger partial charge in [0.1, 0.15) is 5.69 Å². The minimum atomic E-state index is -0.883. The van der Waals surface area contributed by atoms with E-state index in [1.807, 2.05) is 0 Å². The van der Waals surface area contributed by atoms with E-state index in [2.05, 4.69) is 9.97 Å². The summed E-state index contributed by atoms with van der Waals surface area (Å²) >= 11 is 0. The van der Waals surface area contributed by atoms with Crippen molar-refractivity contribution >= 4 is 11.6 Å². The second kappa shape index (κ2) is 7.95. The van der Waals surface area contributed by atoms with Crippen molar-refractivity contribution in [2.24, 2.45) is 0 Å². The van der Waals surface area contributed by atoms with E-state index in [4.69, 9.17) is 0 Å². The van der Waals surface area contributed by atoms with E-state index in [-0.39, 0.29) is 23.7 Å². The molecular formula is C21H16F2N2O2. The fraction of sp³-hybridized carbons (Fsp3) is 0.143. The van der Waals surface area contributed by atoms with Crippen molar-refractivity contribution in [1.29, 1.82) is 0 Å². The Morgan fingerprint density at radius 1 is 0.889 bits per heavy atom. The lowest BCUT2D eigenvalue weighted by molar-refractivity contribution is 0.0981. The number of carbonyl (C=O) groups is 2. The average Bonchev–Trinajstić information content (AvgIpc) is 2.66. The van der Waals surface area contributed by atoms with Crippen molar-refractivity contribution in [2.45, 2.75) is 19.8 Å². The molecule has 6 heteroatoms. The van der Waals surface area contributed by atoms with Crippen LogP contribution in [0.3, 0.4) is 0 Å². The van der Waals surface area contributed by atoms with Gasteiger partial charge >= 0.3 is 0 Å². The van der Waals surface area contributed by atoms with Gasteiger partial charge in [0, 0.05) is 23.7 Å². The number of pyridine rings is 2. The maximum atomic E-state index is 13.3. The molecule has 3 aromatic rings. The van der Waals surface area contributed by atoms with Crippen LogP contribution < -0.4 is 0 Å². The predicted octanol–water partition coefficient (Wildman–Crippen LogP) is 3.97. The van der Waals surface area contributed by atoms with E-state index < -0.39 is 11.6 Å². The van der Waals surface area contributed by atoms with Crippen molar-refractivity contribution in [2.75, 3.05) is 0 Å². The third kappa shape index (κ3) is 4.67. The highest BCUT2D eigenvalue weighted by Gasteiger charge is 2.11. The molecule has 0 bridgehead atoms. The van der Waals surface area contributed by atoms with Crippen LogP contribution in [0, 0.1) is 11.6 Å². The van der Waals surface area contributed by atoms with Gasteiger partial charge in [-0.25, -0.2) is 8.78 Å². The second-order valence-corrected chi connectivity index (χ2v) is 6.17. The highest BCUT2D eigenvalue weighted by atomic mass is 19.2. The molecule has 0 aliphatic rings. The monoisotopic (exact) mass is 366 g/mol. The molecule has 0 atom stereocenters. The van der Waals surface area contributed by atoms with Gasteiger partial charge < -0.3 is 0 Å². The number of hydrogen-bond donors (Lipinski definition) is 0. The van der Waals surface area contributed by atoms with Crippen LogP contribution in [0.1, 0.15) is 44.6 Å². The van der Waals surface area contributed by atoms with E-state index >= 15 is 0 Å². The quantitative estimate of drug-likeness (QED) is 0.619. The van der Waals surface area contributed by atoms with Crippen LogP contribution in [-0.2, 0) is 12.8 Å². The van der Waals surface area contributed by atoms with Crippen LogP contribution in [0.5, 0.6) is 0 Å². The largest absolute Gasteiger partial charge is 0.294 e. The molecule has 0 aliphatic heterocycles. The standard InChI is InChI=1S/C21H16F2N2O2/c1-13(26)16-4-7-20(25-12-16)21(27)10-17-5-2-15(11-24-17)8-14-3-6-18(22)19(23)9-14/h2-7,9,11-12H,8,10H2,1H3. The molecule has 0 N–H and O–H groups in total. The highest BCUT2D eigenvalue weighted by molar-refractivity contribution is 5.97. The molecule has 0 saturated heterocycles. The zero-order valence-corrected chi connectivity index (χ0v) is 14.6. The molecule has 27 heavy (non-hydrogen) atoms. The number of benzene rings is 1. The SMILES string of the molecule is CC(=O)c1ccc(C(=O)Cc2ccc(Cc3ccc(F)c(F)c3)cn2)nc1. The topological polar surface area (TPSA) is 59.9 Å². The number of Topliss-reactive ketones (excluding diaryl/α,β-unsaturated/α-hetero) is 2. The summed E-state index contributed by atoms with van der Waals surface area (Å²) in [4.78, 5) is 31.8. The van der Waals surface area contributed by atoms with Gasteiger partial charge in [-0.15, -0.1) is 0 Å². The molecule has 1 aromatic carbocycles. The number of ketones is 2. The summed E-state index contributed by atoms with van der Waals surface area (Å²) < 4.78 is 26.2. The maximum Gasteiger partial charge on any atom is 0.187 e. The summed E-state index contributed by atoms with van der Waals surface area (Å²) in [5.74, 6) is -2.08. The van der Waals surface area contributed by atoms with Crippen molar-refractivity contribution in [1.82, 2.24) is 9.97 Å². The van der Waals surface area contributed by atoms with E-state index in [0.717, 1.165) is 17.7 Å². The number of nitrogens with zero attached hydrogens (tertiary/aromatic N) is 2. The van der Waals surface area contributed by atoms with Gasteiger partial charge in [-0.3, -0.25) is 19.6 Å². The molecule has 0 fully saturated rings. The predicted molar refractivity (Wildman–Crippen MR) is 95.7 cm³/mol. The first-order chi connectivity index (χ1) is 12.9. The van der Waals surface area contributed by atoms with Gasteiger partial charge in [-0.2, -0.15) is 0 Å². The summed E-state index contributed by atoms with van der Waals surface area (Å²) in [6, 6.07) is 10.4. The Morgan fingerprint density at radius 3 is 2.26 bits per heavy atom. The Morgan fingerprint density at radius 2 is 1.67 bits per heavy atom. The average molecular weight is 366 g/mol. The molecule has 0 aliphatic carbocycles. The van der Waals surface area contributed by atoms with Crippen LogP contribution in [0.2, 0.25) is 0 Å². The van der Waals surface area contributed by atoms with Gasteiger partial charge in [0.2, 0.25) is 0 Å². The summed E-state index contributed by atoms with van der Waals surface area (Å²) in [5.41, 5.74) is 2.75. The Bertz CT molecular complexity index is 984. The van der Waals surface area contributed by atoms with Crippen molar-refractivity contribution in [3.63, 3.8) is 0 Å². The summed E-state index contributed by atoms with van der Waals surface area (Å²) in [6.45, 7) is 1.43. The lowest BCUT2D eigenvalue weighted by Crippen LogP contribution is -2.08. The lowest BCUT2D eigenvalue weighted by atomic mass is 10.0. The molecule has 0 spiro atoms. The number of rotatable bonds is 6. The zero-order chi connectivity index (χ0) is 19.4. The fourth-order valence-corrected chi connectivity index (χ4v) is 2.57. The molecule has 4 nitrogen and oxygen atoms in total. The lowest BCUT2D eigenvalue weighted by Gasteiger charge is -2.05. The van der Waals surface area contributed by atoms with Crippen LogP contribution in [0.4, 0.5) is 8.78 Å². The first-order valence-corrected chi connectivity index (χ1v) is 8.30. The van der Waals surface area contributed by atoms with Gasteiger partial charge in [0.15, 0.2) is 23.2 Å². The van der Waals surface area contributed by atoms with Crippen LogP contribution in [0.15, 0.2) is 54.9 Å². The maximum absolute atomic E-state index is 13.3. The van der Waals surface area contributed by atoms with Crippen LogP contribution >= 0.6 is 0 Å². The minimum Gasteiger partial charge on any atom is -0.294 e. The summed E-state index contributed by atoms with van der Waals surface area (Å²) in [6.07, 6.45) is 3.48. The first kappa shape index (κ1) is 18.5. The van der Waals surface area contributed by atoms with Gasteiger partial charge in [-0.05, 0) is 54.8 Å². The van der Waals surface area contributed by atoms with Gasteiger partial charge in [-0.1, -0.05) is 12.1 Å². The normalized spacial score (nSPS) is 10.6. The van der Waals surface area contributed by atoms with Gasteiger partial charge in [0.25, 0.3) is 0 Å². The zero-order valence-electron chi connectivity index (χ0n) is 14.6. The Kier molecular flexibility index (Phi) is 5.45. The minimum absolute atomic E-state index is 0.0812. The van der Waals surface area contributed by atoms with E-state index in [1.165, 1.54) is 25.3 Å². The number of halogens is 2. The number of aromatic nitrogens is 2. The number of hydrogen-bond acceptors (Lipinski definition) is 4. The molecule has 136 valence electrons. The second-order valence-electron chi connectivity index (χ2n) is 6.17. The van der Waals surface area contributed by atoms with E-state index in [1.54, 1.807) is 24.4 Å². The molecule has 0 unspecified atom stereocenters. The highest BCUT2D eigenvalue weighted by Crippen LogP contribution is 2.14. The molecule has 0 radical (unpaired) electrons. The Balaban J connectivity index is 1.65.